The number of amides is 1. The van der Waals surface area contributed by atoms with Crippen LogP contribution in [0.4, 0.5) is 0 Å². The molecule has 1 amide bonds. The summed E-state index contributed by atoms with van der Waals surface area (Å²) in [6, 6.07) is 8.16. The van der Waals surface area contributed by atoms with Crippen molar-refractivity contribution in [1.29, 1.82) is 0 Å². The van der Waals surface area contributed by atoms with Gasteiger partial charge in [-0.2, -0.15) is 0 Å². The number of ether oxygens (including phenoxy) is 1. The molecule has 0 saturated carbocycles. The highest BCUT2D eigenvalue weighted by molar-refractivity contribution is 6.32. The number of carbonyl (C=O) groups excluding carboxylic acids is 1. The van der Waals surface area contributed by atoms with E-state index in [1.165, 1.54) is 6.07 Å². The van der Waals surface area contributed by atoms with Gasteiger partial charge in [-0.25, -0.2) is 0 Å². The van der Waals surface area contributed by atoms with Gasteiger partial charge in [0.05, 0.1) is 11.6 Å². The molecule has 2 N–H and O–H groups in total. The lowest BCUT2D eigenvalue weighted by atomic mass is 10.2. The highest BCUT2D eigenvalue weighted by atomic mass is 35.5. The lowest BCUT2D eigenvalue weighted by molar-refractivity contribution is 0.0945. The zero-order valence-corrected chi connectivity index (χ0v) is 11.3. The van der Waals surface area contributed by atoms with E-state index in [0.29, 0.717) is 22.1 Å². The number of aliphatic hydroxyl groups excluding tert-OH is 1. The van der Waals surface area contributed by atoms with Crippen LogP contribution in [-0.2, 0) is 0 Å². The minimum absolute atomic E-state index is 0.108. The predicted molar refractivity (Wildman–Crippen MR) is 75.2 cm³/mol. The Bertz CT molecular complexity index is 590. The molecule has 0 aliphatic heterocycles. The number of benzene rings is 1. The molecule has 0 radical (unpaired) electrons. The van der Waals surface area contributed by atoms with Gasteiger partial charge in [0.15, 0.2) is 0 Å². The zero-order chi connectivity index (χ0) is 14.4. The first-order valence-corrected chi connectivity index (χ1v) is 6.35. The van der Waals surface area contributed by atoms with Crippen molar-refractivity contribution >= 4 is 17.5 Å². The molecule has 0 spiro atoms. The van der Waals surface area contributed by atoms with Gasteiger partial charge in [0, 0.05) is 24.5 Å². The smallest absolute Gasteiger partial charge is 0.251 e. The van der Waals surface area contributed by atoms with E-state index in [4.69, 9.17) is 21.4 Å². The van der Waals surface area contributed by atoms with E-state index in [1.54, 1.807) is 36.7 Å². The Kier molecular flexibility index (Phi) is 4.92. The molecule has 2 aromatic rings. The van der Waals surface area contributed by atoms with Crippen molar-refractivity contribution in [1.82, 2.24) is 10.3 Å². The molecule has 104 valence electrons. The summed E-state index contributed by atoms with van der Waals surface area (Å²) >= 11 is 6.09. The summed E-state index contributed by atoms with van der Waals surface area (Å²) < 4.78 is 5.58. The van der Waals surface area contributed by atoms with E-state index in [2.05, 4.69) is 10.3 Å². The van der Waals surface area contributed by atoms with Crippen LogP contribution in [0, 0.1) is 0 Å². The van der Waals surface area contributed by atoms with Crippen LogP contribution in [0.15, 0.2) is 42.7 Å². The number of halogens is 1. The Balaban J connectivity index is 2.12. The third-order valence-electron chi connectivity index (χ3n) is 2.47. The molecule has 2 rings (SSSR count). The largest absolute Gasteiger partial charge is 0.456 e. The Morgan fingerprint density at radius 3 is 2.70 bits per heavy atom. The summed E-state index contributed by atoms with van der Waals surface area (Å²) in [5.41, 5.74) is 0.408. The second kappa shape index (κ2) is 6.88. The Labute approximate surface area is 121 Å². The second-order valence-electron chi connectivity index (χ2n) is 3.91. The fraction of sp³-hybridized carbons (Fsp3) is 0.143. The van der Waals surface area contributed by atoms with Gasteiger partial charge in [-0.15, -0.1) is 0 Å². The number of nitrogens with zero attached hydrogens (tertiary/aromatic N) is 1. The molecule has 0 bridgehead atoms. The van der Waals surface area contributed by atoms with Crippen molar-refractivity contribution in [3.63, 3.8) is 0 Å². The van der Waals surface area contributed by atoms with Crippen molar-refractivity contribution in [3.05, 3.63) is 53.3 Å². The summed E-state index contributed by atoms with van der Waals surface area (Å²) in [6.45, 7) is 0.0917. The maximum atomic E-state index is 11.7. The van der Waals surface area contributed by atoms with Crippen LogP contribution in [0.3, 0.4) is 0 Å². The number of aliphatic hydroxyl groups is 1. The van der Waals surface area contributed by atoms with E-state index >= 15 is 0 Å². The van der Waals surface area contributed by atoms with Gasteiger partial charge in [-0.1, -0.05) is 11.6 Å². The minimum atomic E-state index is -0.295. The SMILES string of the molecule is O=C(NCCO)c1ccc(Oc2ccncc2)c(Cl)c1. The predicted octanol–water partition coefficient (Wildman–Crippen LogP) is 2.25. The van der Waals surface area contributed by atoms with Gasteiger partial charge in [-0.05, 0) is 30.3 Å². The van der Waals surface area contributed by atoms with Gasteiger partial charge >= 0.3 is 0 Å². The maximum Gasteiger partial charge on any atom is 0.251 e. The molecule has 5 nitrogen and oxygen atoms in total. The lowest BCUT2D eigenvalue weighted by Gasteiger charge is -2.09. The normalized spacial score (nSPS) is 10.1. The van der Waals surface area contributed by atoms with Crippen LogP contribution in [0.5, 0.6) is 11.5 Å². The fourth-order valence-corrected chi connectivity index (χ4v) is 1.75. The molecule has 1 aromatic carbocycles. The summed E-state index contributed by atoms with van der Waals surface area (Å²) in [6.07, 6.45) is 3.22. The fourth-order valence-electron chi connectivity index (χ4n) is 1.53. The molecule has 0 aliphatic rings. The highest BCUT2D eigenvalue weighted by Gasteiger charge is 2.09. The van der Waals surface area contributed by atoms with Crippen LogP contribution in [-0.4, -0.2) is 29.1 Å². The van der Waals surface area contributed by atoms with E-state index in [0.717, 1.165) is 0 Å². The topological polar surface area (TPSA) is 71.5 Å². The van der Waals surface area contributed by atoms with Crippen molar-refractivity contribution in [2.24, 2.45) is 0 Å². The molecule has 20 heavy (non-hydrogen) atoms. The maximum absolute atomic E-state index is 11.7. The number of hydrogen-bond donors (Lipinski definition) is 2. The highest BCUT2D eigenvalue weighted by Crippen LogP contribution is 2.29. The first kappa shape index (κ1) is 14.3. The first-order chi connectivity index (χ1) is 9.70. The van der Waals surface area contributed by atoms with E-state index < -0.39 is 0 Å². The first-order valence-electron chi connectivity index (χ1n) is 5.97. The molecule has 1 heterocycles. The second-order valence-corrected chi connectivity index (χ2v) is 4.32. The molecule has 0 aliphatic carbocycles. The number of nitrogens with one attached hydrogen (secondary N) is 1. The van der Waals surface area contributed by atoms with E-state index in [1.807, 2.05) is 0 Å². The van der Waals surface area contributed by atoms with Crippen LogP contribution < -0.4 is 10.1 Å². The number of pyridine rings is 1. The van der Waals surface area contributed by atoms with Crippen molar-refractivity contribution in [2.75, 3.05) is 13.2 Å². The summed E-state index contributed by atoms with van der Waals surface area (Å²) in [5, 5.41) is 11.5. The lowest BCUT2D eigenvalue weighted by Crippen LogP contribution is -2.26. The van der Waals surface area contributed by atoms with Gasteiger partial charge < -0.3 is 15.2 Å². The summed E-state index contributed by atoms with van der Waals surface area (Å²) in [5.74, 6) is 0.771. The quantitative estimate of drug-likeness (QED) is 0.886. The minimum Gasteiger partial charge on any atom is -0.456 e. The van der Waals surface area contributed by atoms with Crippen LogP contribution in [0.25, 0.3) is 0 Å². The van der Waals surface area contributed by atoms with Crippen molar-refractivity contribution in [2.45, 2.75) is 0 Å². The average molecular weight is 293 g/mol. The Hall–Kier alpha value is -2.11. The van der Waals surface area contributed by atoms with Gasteiger partial charge in [-0.3, -0.25) is 9.78 Å². The number of carbonyl (C=O) groups is 1. The van der Waals surface area contributed by atoms with Crippen LogP contribution in [0.2, 0.25) is 5.02 Å². The van der Waals surface area contributed by atoms with Crippen LogP contribution >= 0.6 is 11.6 Å². The van der Waals surface area contributed by atoms with Crippen LogP contribution in [0.1, 0.15) is 10.4 Å². The molecule has 0 atom stereocenters. The van der Waals surface area contributed by atoms with Gasteiger partial charge in [0.2, 0.25) is 0 Å². The third-order valence-corrected chi connectivity index (χ3v) is 2.76. The Morgan fingerprint density at radius 2 is 2.05 bits per heavy atom. The molecule has 1 aromatic heterocycles. The Morgan fingerprint density at radius 1 is 1.30 bits per heavy atom. The average Bonchev–Trinajstić information content (AvgIpc) is 2.48. The van der Waals surface area contributed by atoms with E-state index in [9.17, 15) is 4.79 Å². The third kappa shape index (κ3) is 3.69. The number of hydrogen-bond acceptors (Lipinski definition) is 4. The monoisotopic (exact) mass is 292 g/mol. The molecule has 6 heteroatoms. The molecular formula is C14H13ClN2O3. The van der Waals surface area contributed by atoms with Gasteiger partial charge in [0.1, 0.15) is 11.5 Å². The summed E-state index contributed by atoms with van der Waals surface area (Å²) in [7, 11) is 0. The summed E-state index contributed by atoms with van der Waals surface area (Å²) in [4.78, 5) is 15.6. The molecule has 0 saturated heterocycles. The molecule has 0 fully saturated rings. The molecular weight excluding hydrogens is 280 g/mol. The zero-order valence-electron chi connectivity index (χ0n) is 10.5. The molecule has 0 unspecified atom stereocenters. The standard InChI is InChI=1S/C14H13ClN2O3/c15-12-9-10(14(19)17-7-8-18)1-2-13(12)20-11-3-5-16-6-4-11/h1-6,9,18H,7-8H2,(H,17,19). The van der Waals surface area contributed by atoms with Gasteiger partial charge in [0.25, 0.3) is 5.91 Å². The number of rotatable bonds is 5. The van der Waals surface area contributed by atoms with E-state index in [-0.39, 0.29) is 19.1 Å². The van der Waals surface area contributed by atoms with Crippen molar-refractivity contribution < 1.29 is 14.6 Å². The number of aromatic nitrogens is 1. The van der Waals surface area contributed by atoms with Crippen molar-refractivity contribution in [3.8, 4) is 11.5 Å².